The number of carbonyl (C=O) groups is 1. The molecule has 0 saturated carbocycles. The monoisotopic (exact) mass is 458 g/mol. The van der Waals surface area contributed by atoms with Crippen molar-refractivity contribution < 1.29 is 13.2 Å². The van der Waals surface area contributed by atoms with Crippen LogP contribution < -0.4 is 5.32 Å². The van der Waals surface area contributed by atoms with Crippen LogP contribution in [0.15, 0.2) is 52.3 Å². The maximum Gasteiger partial charge on any atom is 0.243 e. The van der Waals surface area contributed by atoms with Crippen LogP contribution in [0.25, 0.3) is 0 Å². The van der Waals surface area contributed by atoms with E-state index in [-0.39, 0.29) is 12.5 Å². The third kappa shape index (κ3) is 5.86. The van der Waals surface area contributed by atoms with Crippen LogP contribution in [0.3, 0.4) is 0 Å². The molecule has 1 aliphatic heterocycles. The third-order valence-corrected chi connectivity index (χ3v) is 8.10. The number of amides is 1. The summed E-state index contributed by atoms with van der Waals surface area (Å²) >= 11 is 1.38. The van der Waals surface area contributed by atoms with Gasteiger partial charge in [0.05, 0.1) is 28.9 Å². The van der Waals surface area contributed by atoms with Crippen molar-refractivity contribution in [3.8, 4) is 6.07 Å². The van der Waals surface area contributed by atoms with E-state index in [1.54, 1.807) is 12.1 Å². The number of piperazine rings is 1. The average molecular weight is 459 g/mol. The Morgan fingerprint density at radius 1 is 1.10 bits per heavy atom. The van der Waals surface area contributed by atoms with E-state index in [1.165, 1.54) is 16.1 Å². The molecule has 0 atom stereocenters. The molecule has 0 unspecified atom stereocenters. The number of aryl methyl sites for hydroxylation is 2. The van der Waals surface area contributed by atoms with Crippen molar-refractivity contribution in [2.75, 3.05) is 43.8 Å². The first kappa shape index (κ1) is 23.3. The van der Waals surface area contributed by atoms with E-state index in [2.05, 4.69) is 11.4 Å². The highest BCUT2D eigenvalue weighted by Gasteiger charge is 2.29. The minimum absolute atomic E-state index is 0.157. The van der Waals surface area contributed by atoms with Gasteiger partial charge in [-0.05, 0) is 49.2 Å². The standard InChI is InChI=1S/C22H26N4O3S2/c1-17-7-8-19(15-18(17)2)31(28,29)26-12-10-25(11-13-26)16-22(27)24-20-5-3-4-6-21(20)30-14-9-23/h3-8,15H,10-14,16H2,1-2H3,(H,24,27). The Labute approximate surface area is 188 Å². The number of hydrogen-bond donors (Lipinski definition) is 1. The van der Waals surface area contributed by atoms with Crippen LogP contribution in [0.1, 0.15) is 11.1 Å². The predicted molar refractivity (Wildman–Crippen MR) is 123 cm³/mol. The van der Waals surface area contributed by atoms with Gasteiger partial charge in [0.15, 0.2) is 0 Å². The van der Waals surface area contributed by atoms with Gasteiger partial charge in [0.1, 0.15) is 0 Å². The predicted octanol–water partition coefficient (Wildman–Crippen LogP) is 2.86. The first-order chi connectivity index (χ1) is 14.8. The van der Waals surface area contributed by atoms with Crippen molar-refractivity contribution in [3.63, 3.8) is 0 Å². The van der Waals surface area contributed by atoms with Crippen LogP contribution in [0.4, 0.5) is 5.69 Å². The highest BCUT2D eigenvalue weighted by atomic mass is 32.2. The first-order valence-corrected chi connectivity index (χ1v) is 12.4. The van der Waals surface area contributed by atoms with Crippen molar-refractivity contribution in [1.29, 1.82) is 5.26 Å². The largest absolute Gasteiger partial charge is 0.324 e. The summed E-state index contributed by atoms with van der Waals surface area (Å²) in [6.45, 7) is 5.71. The molecule has 2 aromatic carbocycles. The van der Waals surface area contributed by atoms with Gasteiger partial charge in [-0.15, -0.1) is 11.8 Å². The van der Waals surface area contributed by atoms with E-state index >= 15 is 0 Å². The Morgan fingerprint density at radius 2 is 1.81 bits per heavy atom. The summed E-state index contributed by atoms with van der Waals surface area (Å²) < 4.78 is 27.4. The summed E-state index contributed by atoms with van der Waals surface area (Å²) in [4.78, 5) is 15.6. The van der Waals surface area contributed by atoms with Crippen molar-refractivity contribution in [3.05, 3.63) is 53.6 Å². The Bertz CT molecular complexity index is 1090. The number of rotatable bonds is 7. The lowest BCUT2D eigenvalue weighted by molar-refractivity contribution is -0.117. The van der Waals surface area contributed by atoms with Crippen molar-refractivity contribution in [1.82, 2.24) is 9.21 Å². The van der Waals surface area contributed by atoms with Crippen molar-refractivity contribution in [2.24, 2.45) is 0 Å². The molecular formula is C22H26N4O3S2. The van der Waals surface area contributed by atoms with Gasteiger partial charge < -0.3 is 5.32 Å². The number of benzene rings is 2. The fourth-order valence-corrected chi connectivity index (χ4v) is 5.53. The summed E-state index contributed by atoms with van der Waals surface area (Å²) in [5.41, 5.74) is 2.69. The van der Waals surface area contributed by atoms with Gasteiger partial charge in [-0.3, -0.25) is 9.69 Å². The highest BCUT2D eigenvalue weighted by Crippen LogP contribution is 2.26. The van der Waals surface area contributed by atoms with Gasteiger partial charge in [-0.25, -0.2) is 8.42 Å². The van der Waals surface area contributed by atoms with E-state index in [0.717, 1.165) is 16.0 Å². The van der Waals surface area contributed by atoms with Crippen LogP contribution in [0.2, 0.25) is 0 Å². The van der Waals surface area contributed by atoms with Crippen LogP contribution in [0.5, 0.6) is 0 Å². The minimum atomic E-state index is -3.54. The summed E-state index contributed by atoms with van der Waals surface area (Å²) in [6, 6.07) is 14.7. The zero-order valence-electron chi connectivity index (χ0n) is 17.7. The number of nitrogens with zero attached hydrogens (tertiary/aromatic N) is 3. The summed E-state index contributed by atoms with van der Waals surface area (Å²) in [5.74, 6) is 0.152. The van der Waals surface area contributed by atoms with Gasteiger partial charge in [0.2, 0.25) is 15.9 Å². The fraction of sp³-hybridized carbons (Fsp3) is 0.364. The average Bonchev–Trinajstić information content (AvgIpc) is 2.75. The fourth-order valence-electron chi connectivity index (χ4n) is 3.35. The van der Waals surface area contributed by atoms with Gasteiger partial charge >= 0.3 is 0 Å². The minimum Gasteiger partial charge on any atom is -0.324 e. The van der Waals surface area contributed by atoms with Crippen LogP contribution in [0, 0.1) is 25.2 Å². The number of anilines is 1. The van der Waals surface area contributed by atoms with Crippen molar-refractivity contribution in [2.45, 2.75) is 23.6 Å². The molecule has 1 N–H and O–H groups in total. The molecule has 1 heterocycles. The van der Waals surface area contributed by atoms with Gasteiger partial charge in [-0.1, -0.05) is 18.2 Å². The molecule has 9 heteroatoms. The Morgan fingerprint density at radius 3 is 2.48 bits per heavy atom. The molecule has 1 fully saturated rings. The Kier molecular flexibility index (Phi) is 7.73. The second-order valence-corrected chi connectivity index (χ2v) is 10.4. The van der Waals surface area contributed by atoms with E-state index in [4.69, 9.17) is 5.26 Å². The first-order valence-electron chi connectivity index (χ1n) is 9.99. The molecule has 1 amide bonds. The van der Waals surface area contributed by atoms with E-state index in [0.29, 0.717) is 42.5 Å². The molecule has 2 aromatic rings. The number of hydrogen-bond acceptors (Lipinski definition) is 6. The van der Waals surface area contributed by atoms with Gasteiger partial charge in [-0.2, -0.15) is 9.57 Å². The summed E-state index contributed by atoms with van der Waals surface area (Å²) in [5, 5.41) is 11.7. The number of sulfonamides is 1. The zero-order chi connectivity index (χ0) is 22.4. The van der Waals surface area contributed by atoms with Gasteiger partial charge in [0, 0.05) is 31.1 Å². The molecule has 7 nitrogen and oxygen atoms in total. The molecule has 0 aromatic heterocycles. The van der Waals surface area contributed by atoms with Crippen molar-refractivity contribution >= 4 is 33.4 Å². The highest BCUT2D eigenvalue weighted by molar-refractivity contribution is 7.99. The van der Waals surface area contributed by atoms with Crippen LogP contribution >= 0.6 is 11.8 Å². The van der Waals surface area contributed by atoms with E-state index in [9.17, 15) is 13.2 Å². The van der Waals surface area contributed by atoms with Gasteiger partial charge in [0.25, 0.3) is 0 Å². The summed E-state index contributed by atoms with van der Waals surface area (Å²) in [7, 11) is -3.54. The SMILES string of the molecule is Cc1ccc(S(=O)(=O)N2CCN(CC(=O)Nc3ccccc3SCC#N)CC2)cc1C. The second-order valence-electron chi connectivity index (χ2n) is 7.42. The van der Waals surface area contributed by atoms with E-state index in [1.807, 2.05) is 49.1 Å². The smallest absolute Gasteiger partial charge is 0.243 e. The topological polar surface area (TPSA) is 93.5 Å². The normalized spacial score (nSPS) is 15.4. The number of nitrogens with one attached hydrogen (secondary N) is 1. The molecule has 1 saturated heterocycles. The van der Waals surface area contributed by atoms with Crippen LogP contribution in [-0.4, -0.2) is 62.0 Å². The zero-order valence-corrected chi connectivity index (χ0v) is 19.3. The number of nitriles is 1. The Hall–Kier alpha value is -2.38. The maximum atomic E-state index is 12.9. The molecule has 31 heavy (non-hydrogen) atoms. The van der Waals surface area contributed by atoms with E-state index < -0.39 is 10.0 Å². The molecule has 1 aliphatic rings. The lowest BCUT2D eigenvalue weighted by Crippen LogP contribution is -2.50. The molecule has 164 valence electrons. The maximum absolute atomic E-state index is 12.9. The molecule has 3 rings (SSSR count). The lowest BCUT2D eigenvalue weighted by Gasteiger charge is -2.33. The molecule has 0 radical (unpaired) electrons. The molecule has 0 bridgehead atoms. The lowest BCUT2D eigenvalue weighted by atomic mass is 10.1. The third-order valence-electron chi connectivity index (χ3n) is 5.27. The number of carbonyl (C=O) groups excluding carboxylic acids is 1. The number of thioether (sulfide) groups is 1. The van der Waals surface area contributed by atoms with Crippen LogP contribution in [-0.2, 0) is 14.8 Å². The quantitative estimate of drug-likeness (QED) is 0.642. The Balaban J connectivity index is 1.56. The second kappa shape index (κ2) is 10.3. The number of para-hydroxylation sites is 1. The molecule has 0 spiro atoms. The molecule has 0 aliphatic carbocycles. The summed E-state index contributed by atoms with van der Waals surface area (Å²) in [6.07, 6.45) is 0. The molecular weight excluding hydrogens is 432 g/mol.